The molecule has 132 valence electrons. The summed E-state index contributed by atoms with van der Waals surface area (Å²) in [6.45, 7) is 3.37. The van der Waals surface area contributed by atoms with Crippen LogP contribution in [0, 0.1) is 12.8 Å². The predicted octanol–water partition coefficient (Wildman–Crippen LogP) is 4.11. The molecule has 5 nitrogen and oxygen atoms in total. The molecule has 0 spiro atoms. The van der Waals surface area contributed by atoms with Crippen molar-refractivity contribution in [2.24, 2.45) is 5.92 Å². The Hall–Kier alpha value is -2.53. The Balaban J connectivity index is 1.64. The third kappa shape index (κ3) is 4.51. The number of carbonyl (C=O) groups is 1. The first kappa shape index (κ1) is 17.3. The van der Waals surface area contributed by atoms with Gasteiger partial charge in [-0.15, -0.1) is 0 Å². The average Bonchev–Trinajstić information content (AvgIpc) is 2.64. The number of rotatable bonds is 5. The Morgan fingerprint density at radius 3 is 2.44 bits per heavy atom. The van der Waals surface area contributed by atoms with Crippen LogP contribution in [0.2, 0.25) is 0 Å². The molecule has 0 aliphatic carbocycles. The van der Waals surface area contributed by atoms with Crippen molar-refractivity contribution < 1.29 is 14.3 Å². The Labute approximate surface area is 148 Å². The molecule has 1 saturated heterocycles. The third-order valence-corrected chi connectivity index (χ3v) is 4.38. The summed E-state index contributed by atoms with van der Waals surface area (Å²) in [6.07, 6.45) is 1.58. The lowest BCUT2D eigenvalue weighted by Gasteiger charge is -2.21. The number of hydrogen-bond donors (Lipinski definition) is 2. The molecule has 0 bridgehead atoms. The van der Waals surface area contributed by atoms with Gasteiger partial charge in [-0.25, -0.2) is 0 Å². The molecule has 1 fully saturated rings. The van der Waals surface area contributed by atoms with Crippen molar-refractivity contribution in [2.45, 2.75) is 19.8 Å². The zero-order valence-corrected chi connectivity index (χ0v) is 14.7. The maximum Gasteiger partial charge on any atom is 0.227 e. The van der Waals surface area contributed by atoms with Gasteiger partial charge in [0.1, 0.15) is 5.75 Å². The Morgan fingerprint density at radius 2 is 1.76 bits per heavy atom. The fraction of sp³-hybridized carbons (Fsp3) is 0.350. The molecule has 0 radical (unpaired) electrons. The summed E-state index contributed by atoms with van der Waals surface area (Å²) in [5.41, 5.74) is 3.82. The second-order valence-corrected chi connectivity index (χ2v) is 6.28. The predicted molar refractivity (Wildman–Crippen MR) is 99.6 cm³/mol. The van der Waals surface area contributed by atoms with Crippen molar-refractivity contribution >= 4 is 23.0 Å². The minimum atomic E-state index is 0.0445. The van der Waals surface area contributed by atoms with Crippen molar-refractivity contribution in [1.82, 2.24) is 0 Å². The van der Waals surface area contributed by atoms with Crippen molar-refractivity contribution in [3.63, 3.8) is 0 Å². The Morgan fingerprint density at radius 1 is 1.08 bits per heavy atom. The molecule has 2 aromatic rings. The normalized spacial score (nSPS) is 14.8. The van der Waals surface area contributed by atoms with Crippen LogP contribution in [-0.4, -0.2) is 26.2 Å². The summed E-state index contributed by atoms with van der Waals surface area (Å²) in [4.78, 5) is 12.3. The number of carbonyl (C=O) groups excluding carboxylic acids is 1. The summed E-state index contributed by atoms with van der Waals surface area (Å²) in [6, 6.07) is 13.7. The molecular weight excluding hydrogens is 316 g/mol. The minimum absolute atomic E-state index is 0.0445. The van der Waals surface area contributed by atoms with E-state index >= 15 is 0 Å². The van der Waals surface area contributed by atoms with E-state index in [1.165, 1.54) is 0 Å². The topological polar surface area (TPSA) is 59.6 Å². The SMILES string of the molecule is COc1ccc(C)cc1Nc1ccc(NC(=O)C2CCOCC2)cc1. The van der Waals surface area contributed by atoms with Crippen LogP contribution in [0.15, 0.2) is 42.5 Å². The van der Waals surface area contributed by atoms with E-state index in [2.05, 4.69) is 10.6 Å². The van der Waals surface area contributed by atoms with E-state index in [0.717, 1.165) is 41.2 Å². The lowest BCUT2D eigenvalue weighted by Crippen LogP contribution is -2.28. The van der Waals surface area contributed by atoms with Crippen molar-refractivity contribution in [3.8, 4) is 5.75 Å². The van der Waals surface area contributed by atoms with E-state index < -0.39 is 0 Å². The van der Waals surface area contributed by atoms with Crippen LogP contribution in [0.3, 0.4) is 0 Å². The van der Waals surface area contributed by atoms with Gasteiger partial charge in [-0.3, -0.25) is 4.79 Å². The molecular formula is C20H24N2O3. The molecule has 0 unspecified atom stereocenters. The summed E-state index contributed by atoms with van der Waals surface area (Å²) >= 11 is 0. The highest BCUT2D eigenvalue weighted by molar-refractivity contribution is 5.92. The van der Waals surface area contributed by atoms with Gasteiger partial charge < -0.3 is 20.1 Å². The Bertz CT molecular complexity index is 722. The molecule has 0 saturated carbocycles. The average molecular weight is 340 g/mol. The van der Waals surface area contributed by atoms with Gasteiger partial charge >= 0.3 is 0 Å². The number of amides is 1. The highest BCUT2D eigenvalue weighted by atomic mass is 16.5. The largest absolute Gasteiger partial charge is 0.495 e. The first-order chi connectivity index (χ1) is 12.2. The molecule has 1 aliphatic heterocycles. The number of ether oxygens (including phenoxy) is 2. The molecule has 0 atom stereocenters. The number of benzene rings is 2. The van der Waals surface area contributed by atoms with Gasteiger partial charge in [-0.2, -0.15) is 0 Å². The van der Waals surface area contributed by atoms with Crippen LogP contribution < -0.4 is 15.4 Å². The van der Waals surface area contributed by atoms with E-state index in [4.69, 9.17) is 9.47 Å². The van der Waals surface area contributed by atoms with Gasteiger partial charge in [0.25, 0.3) is 0 Å². The van der Waals surface area contributed by atoms with Crippen molar-refractivity contribution in [2.75, 3.05) is 31.0 Å². The molecule has 3 rings (SSSR count). The van der Waals surface area contributed by atoms with E-state index in [-0.39, 0.29) is 11.8 Å². The van der Waals surface area contributed by atoms with Crippen LogP contribution in [0.25, 0.3) is 0 Å². The van der Waals surface area contributed by atoms with Crippen LogP contribution in [-0.2, 0) is 9.53 Å². The summed E-state index contributed by atoms with van der Waals surface area (Å²) in [7, 11) is 1.66. The number of nitrogens with one attached hydrogen (secondary N) is 2. The second kappa shape index (κ2) is 8.03. The quantitative estimate of drug-likeness (QED) is 0.860. The highest BCUT2D eigenvalue weighted by Gasteiger charge is 2.21. The van der Waals surface area contributed by atoms with E-state index in [9.17, 15) is 4.79 Å². The van der Waals surface area contributed by atoms with Crippen molar-refractivity contribution in [1.29, 1.82) is 0 Å². The van der Waals surface area contributed by atoms with Gasteiger partial charge in [0.2, 0.25) is 5.91 Å². The molecule has 2 N–H and O–H groups in total. The van der Waals surface area contributed by atoms with Gasteiger partial charge in [0, 0.05) is 30.5 Å². The third-order valence-electron chi connectivity index (χ3n) is 4.38. The van der Waals surface area contributed by atoms with E-state index in [0.29, 0.717) is 13.2 Å². The number of hydrogen-bond acceptors (Lipinski definition) is 4. The monoisotopic (exact) mass is 340 g/mol. The van der Waals surface area contributed by atoms with E-state index in [1.54, 1.807) is 7.11 Å². The molecule has 1 heterocycles. The molecule has 25 heavy (non-hydrogen) atoms. The van der Waals surface area contributed by atoms with Crippen LogP contribution in [0.4, 0.5) is 17.1 Å². The number of methoxy groups -OCH3 is 1. The van der Waals surface area contributed by atoms with Crippen LogP contribution >= 0.6 is 0 Å². The Kier molecular flexibility index (Phi) is 5.56. The zero-order chi connectivity index (χ0) is 17.6. The maximum absolute atomic E-state index is 12.3. The van der Waals surface area contributed by atoms with Gasteiger partial charge in [-0.05, 0) is 61.7 Å². The fourth-order valence-corrected chi connectivity index (χ4v) is 2.92. The molecule has 1 aliphatic rings. The maximum atomic E-state index is 12.3. The molecule has 1 amide bonds. The van der Waals surface area contributed by atoms with Gasteiger partial charge in [0.15, 0.2) is 0 Å². The highest BCUT2D eigenvalue weighted by Crippen LogP contribution is 2.29. The lowest BCUT2D eigenvalue weighted by molar-refractivity contribution is -0.122. The summed E-state index contributed by atoms with van der Waals surface area (Å²) < 4.78 is 10.7. The van der Waals surface area contributed by atoms with E-state index in [1.807, 2.05) is 49.4 Å². The zero-order valence-electron chi connectivity index (χ0n) is 14.7. The fourth-order valence-electron chi connectivity index (χ4n) is 2.92. The van der Waals surface area contributed by atoms with Gasteiger partial charge in [-0.1, -0.05) is 6.07 Å². The van der Waals surface area contributed by atoms with Crippen LogP contribution in [0.1, 0.15) is 18.4 Å². The summed E-state index contributed by atoms with van der Waals surface area (Å²) in [5.74, 6) is 0.912. The van der Waals surface area contributed by atoms with Crippen LogP contribution in [0.5, 0.6) is 5.75 Å². The van der Waals surface area contributed by atoms with Gasteiger partial charge in [0.05, 0.1) is 12.8 Å². The molecule has 0 aromatic heterocycles. The molecule has 5 heteroatoms. The first-order valence-electron chi connectivity index (χ1n) is 8.56. The smallest absolute Gasteiger partial charge is 0.227 e. The number of aryl methyl sites for hydroxylation is 1. The number of anilines is 3. The first-order valence-corrected chi connectivity index (χ1v) is 8.56. The minimum Gasteiger partial charge on any atom is -0.495 e. The standard InChI is InChI=1S/C20H24N2O3/c1-14-3-8-19(24-2)18(13-14)21-16-4-6-17(7-5-16)22-20(23)15-9-11-25-12-10-15/h3-8,13,15,21H,9-12H2,1-2H3,(H,22,23). The van der Waals surface area contributed by atoms with Crippen molar-refractivity contribution in [3.05, 3.63) is 48.0 Å². The lowest BCUT2D eigenvalue weighted by atomic mass is 9.99. The summed E-state index contributed by atoms with van der Waals surface area (Å²) in [5, 5.41) is 6.34. The second-order valence-electron chi connectivity index (χ2n) is 6.28. The molecule has 2 aromatic carbocycles.